The number of anilines is 1. The van der Waals surface area contributed by atoms with Crippen molar-refractivity contribution in [1.82, 2.24) is 4.98 Å². The maximum Gasteiger partial charge on any atom is 0.232 e. The second-order valence-electron chi connectivity index (χ2n) is 6.86. The molecule has 0 atom stereocenters. The molecule has 1 saturated carbocycles. The molecule has 4 nitrogen and oxygen atoms in total. The highest BCUT2D eigenvalue weighted by molar-refractivity contribution is 7.14. The second kappa shape index (κ2) is 8.28. The van der Waals surface area contributed by atoms with Crippen molar-refractivity contribution >= 4 is 34.0 Å². The molecule has 4 rings (SSSR count). The van der Waals surface area contributed by atoms with Crippen molar-refractivity contribution in [2.24, 2.45) is 5.92 Å². The molecule has 0 radical (unpaired) electrons. The molecule has 1 amide bonds. The van der Waals surface area contributed by atoms with Gasteiger partial charge in [-0.1, -0.05) is 43.0 Å². The van der Waals surface area contributed by atoms with Gasteiger partial charge in [0.15, 0.2) is 5.13 Å². The molecule has 0 spiro atoms. The van der Waals surface area contributed by atoms with E-state index in [1.165, 1.54) is 17.8 Å². The number of hydrogen-bond donors (Lipinski definition) is 0. The van der Waals surface area contributed by atoms with Crippen molar-refractivity contribution in [3.8, 4) is 11.3 Å². The van der Waals surface area contributed by atoms with Crippen LogP contribution in [0.2, 0.25) is 5.02 Å². The summed E-state index contributed by atoms with van der Waals surface area (Å²) in [6.45, 7) is 0.413. The van der Waals surface area contributed by atoms with Gasteiger partial charge < -0.3 is 4.42 Å². The largest absolute Gasteiger partial charge is 0.467 e. The molecule has 2 aromatic heterocycles. The number of benzene rings is 1. The Morgan fingerprint density at radius 3 is 2.67 bits per heavy atom. The minimum atomic E-state index is 0.0802. The fraction of sp³-hybridized carbons (Fsp3) is 0.333. The van der Waals surface area contributed by atoms with Crippen LogP contribution in [0.3, 0.4) is 0 Å². The number of aromatic nitrogens is 1. The Kier molecular flexibility index (Phi) is 5.60. The maximum absolute atomic E-state index is 13.2. The molecule has 0 N–H and O–H groups in total. The van der Waals surface area contributed by atoms with Crippen LogP contribution in [0.15, 0.2) is 52.5 Å². The van der Waals surface area contributed by atoms with Gasteiger partial charge in [0.1, 0.15) is 5.76 Å². The normalized spacial score (nSPS) is 15.0. The molecule has 0 bridgehead atoms. The summed E-state index contributed by atoms with van der Waals surface area (Å²) < 4.78 is 5.50. The first-order chi connectivity index (χ1) is 13.2. The molecule has 6 heteroatoms. The van der Waals surface area contributed by atoms with Crippen LogP contribution in [-0.2, 0) is 11.3 Å². The van der Waals surface area contributed by atoms with Crippen molar-refractivity contribution < 1.29 is 9.21 Å². The van der Waals surface area contributed by atoms with Crippen LogP contribution in [0.1, 0.15) is 37.9 Å². The van der Waals surface area contributed by atoms with E-state index in [0.717, 1.165) is 42.7 Å². The molecule has 140 valence electrons. The fourth-order valence-corrected chi connectivity index (χ4v) is 4.47. The van der Waals surface area contributed by atoms with Crippen LogP contribution in [0.5, 0.6) is 0 Å². The number of halogens is 1. The van der Waals surface area contributed by atoms with Gasteiger partial charge in [-0.05, 0) is 37.1 Å². The zero-order valence-electron chi connectivity index (χ0n) is 14.9. The predicted molar refractivity (Wildman–Crippen MR) is 109 cm³/mol. The highest BCUT2D eigenvalue weighted by Gasteiger charge is 2.29. The van der Waals surface area contributed by atoms with Crippen LogP contribution < -0.4 is 4.90 Å². The third-order valence-electron chi connectivity index (χ3n) is 4.98. The van der Waals surface area contributed by atoms with E-state index >= 15 is 0 Å². The fourth-order valence-electron chi connectivity index (χ4n) is 3.51. The van der Waals surface area contributed by atoms with Gasteiger partial charge in [0.05, 0.1) is 18.5 Å². The molecular formula is C21H21ClN2O2S. The molecule has 1 aliphatic carbocycles. The molecule has 1 fully saturated rings. The minimum Gasteiger partial charge on any atom is -0.467 e. The van der Waals surface area contributed by atoms with Crippen molar-refractivity contribution in [1.29, 1.82) is 0 Å². The van der Waals surface area contributed by atoms with Crippen LogP contribution in [0.4, 0.5) is 5.13 Å². The van der Waals surface area contributed by atoms with E-state index in [4.69, 9.17) is 21.0 Å². The maximum atomic E-state index is 13.2. The second-order valence-corrected chi connectivity index (χ2v) is 8.13. The Labute approximate surface area is 167 Å². The number of furan rings is 1. The van der Waals surface area contributed by atoms with Gasteiger partial charge in [0.25, 0.3) is 0 Å². The van der Waals surface area contributed by atoms with E-state index in [9.17, 15) is 4.79 Å². The van der Waals surface area contributed by atoms with E-state index in [1.54, 1.807) is 11.2 Å². The minimum absolute atomic E-state index is 0.0802. The summed E-state index contributed by atoms with van der Waals surface area (Å²) in [6.07, 6.45) is 7.03. The van der Waals surface area contributed by atoms with E-state index in [2.05, 4.69) is 0 Å². The monoisotopic (exact) mass is 400 g/mol. The van der Waals surface area contributed by atoms with Crippen molar-refractivity contribution in [2.45, 2.75) is 38.6 Å². The number of hydrogen-bond acceptors (Lipinski definition) is 4. The van der Waals surface area contributed by atoms with Crippen molar-refractivity contribution in [3.63, 3.8) is 0 Å². The smallest absolute Gasteiger partial charge is 0.232 e. The number of thiazole rings is 1. The molecular weight excluding hydrogens is 380 g/mol. The molecule has 0 saturated heterocycles. The number of carbonyl (C=O) groups excluding carboxylic acids is 1. The Morgan fingerprint density at radius 1 is 1.19 bits per heavy atom. The number of rotatable bonds is 5. The molecule has 2 heterocycles. The molecule has 3 aromatic rings. The zero-order valence-corrected chi connectivity index (χ0v) is 16.5. The van der Waals surface area contributed by atoms with Crippen LogP contribution in [-0.4, -0.2) is 10.9 Å². The highest BCUT2D eigenvalue weighted by atomic mass is 35.5. The first-order valence-electron chi connectivity index (χ1n) is 9.26. The van der Waals surface area contributed by atoms with Crippen LogP contribution in [0, 0.1) is 5.92 Å². The summed E-state index contributed by atoms with van der Waals surface area (Å²) >= 11 is 7.47. The summed E-state index contributed by atoms with van der Waals surface area (Å²) in [5, 5.41) is 3.40. The highest BCUT2D eigenvalue weighted by Crippen LogP contribution is 2.33. The summed E-state index contributed by atoms with van der Waals surface area (Å²) in [5.41, 5.74) is 1.84. The molecule has 1 aliphatic rings. The SMILES string of the molecule is O=C(C1CCCCC1)N(Cc1ccco1)c1nc(-c2ccc(Cl)cc2)cs1. The Bertz CT molecular complexity index is 883. The average Bonchev–Trinajstić information content (AvgIpc) is 3.39. The standard InChI is InChI=1S/C21H21ClN2O2S/c22-17-10-8-15(9-11-17)19-14-27-21(23-19)24(13-18-7-4-12-26-18)20(25)16-5-2-1-3-6-16/h4,7-12,14,16H,1-3,5-6,13H2. The summed E-state index contributed by atoms with van der Waals surface area (Å²) in [7, 11) is 0. The topological polar surface area (TPSA) is 46.3 Å². The molecule has 1 aromatic carbocycles. The van der Waals surface area contributed by atoms with E-state index in [-0.39, 0.29) is 11.8 Å². The number of nitrogens with zero attached hydrogens (tertiary/aromatic N) is 2. The lowest BCUT2D eigenvalue weighted by Gasteiger charge is -2.27. The summed E-state index contributed by atoms with van der Waals surface area (Å²) in [4.78, 5) is 19.8. The van der Waals surface area contributed by atoms with Crippen molar-refractivity contribution in [2.75, 3.05) is 4.90 Å². The average molecular weight is 401 g/mol. The van der Waals surface area contributed by atoms with Crippen LogP contribution in [0.25, 0.3) is 11.3 Å². The Morgan fingerprint density at radius 2 is 1.96 bits per heavy atom. The number of carbonyl (C=O) groups is 1. The first kappa shape index (κ1) is 18.3. The predicted octanol–water partition coefficient (Wildman–Crippen LogP) is 6.17. The lowest BCUT2D eigenvalue weighted by atomic mass is 9.88. The summed E-state index contributed by atoms with van der Waals surface area (Å²) in [6, 6.07) is 11.3. The van der Waals surface area contributed by atoms with E-state index in [0.29, 0.717) is 16.7 Å². The number of amides is 1. The van der Waals surface area contributed by atoms with Crippen LogP contribution >= 0.6 is 22.9 Å². The lowest BCUT2D eigenvalue weighted by Crippen LogP contribution is -2.36. The quantitative estimate of drug-likeness (QED) is 0.514. The first-order valence-corrected chi connectivity index (χ1v) is 10.5. The molecule has 0 aliphatic heterocycles. The molecule has 27 heavy (non-hydrogen) atoms. The zero-order chi connectivity index (χ0) is 18.6. The van der Waals surface area contributed by atoms with Gasteiger partial charge in [-0.25, -0.2) is 4.98 Å². The Hall–Kier alpha value is -2.11. The van der Waals surface area contributed by atoms with Gasteiger partial charge in [-0.2, -0.15) is 0 Å². The third kappa shape index (κ3) is 4.25. The Balaban J connectivity index is 1.61. The lowest BCUT2D eigenvalue weighted by molar-refractivity contribution is -0.123. The van der Waals surface area contributed by atoms with Crippen molar-refractivity contribution in [3.05, 3.63) is 58.8 Å². The summed E-state index contributed by atoms with van der Waals surface area (Å²) in [5.74, 6) is 1.00. The van der Waals surface area contributed by atoms with Gasteiger partial charge in [-0.3, -0.25) is 9.69 Å². The van der Waals surface area contributed by atoms with Gasteiger partial charge in [0, 0.05) is 21.9 Å². The van der Waals surface area contributed by atoms with E-state index in [1.807, 2.05) is 41.8 Å². The van der Waals surface area contributed by atoms with Gasteiger partial charge in [-0.15, -0.1) is 11.3 Å². The molecule has 0 unspecified atom stereocenters. The van der Waals surface area contributed by atoms with Gasteiger partial charge in [0.2, 0.25) is 5.91 Å². The van der Waals surface area contributed by atoms with Gasteiger partial charge >= 0.3 is 0 Å². The third-order valence-corrected chi connectivity index (χ3v) is 6.09. The van der Waals surface area contributed by atoms with E-state index < -0.39 is 0 Å².